The number of esters is 1. The number of aromatic nitrogens is 8. The van der Waals surface area contributed by atoms with Crippen LogP contribution in [-0.2, 0) is 27.4 Å². The molecule has 6 aromatic rings. The van der Waals surface area contributed by atoms with E-state index in [1.165, 1.54) is 46.4 Å². The van der Waals surface area contributed by atoms with Gasteiger partial charge in [-0.15, -0.1) is 20.4 Å². The summed E-state index contributed by atoms with van der Waals surface area (Å²) in [5.41, 5.74) is 8.23. The van der Waals surface area contributed by atoms with E-state index in [1.807, 2.05) is 27.7 Å². The van der Waals surface area contributed by atoms with Gasteiger partial charge in [-0.2, -0.15) is 10.4 Å². The summed E-state index contributed by atoms with van der Waals surface area (Å²) in [5, 5.41) is 65.6. The maximum absolute atomic E-state index is 14.2. The number of carbonyl (C=O) groups is 4. The van der Waals surface area contributed by atoms with Crippen LogP contribution in [0.3, 0.4) is 0 Å². The zero-order valence-corrected chi connectivity index (χ0v) is 39.1. The van der Waals surface area contributed by atoms with Crippen LogP contribution in [0.2, 0.25) is 10.0 Å². The van der Waals surface area contributed by atoms with Crippen LogP contribution in [0, 0.1) is 23.5 Å². The number of ether oxygens (including phenoxy) is 1. The van der Waals surface area contributed by atoms with Gasteiger partial charge in [0.05, 0.1) is 19.7 Å². The van der Waals surface area contributed by atoms with Gasteiger partial charge in [-0.1, -0.05) is 107 Å². The molecule has 0 bridgehead atoms. The van der Waals surface area contributed by atoms with Crippen LogP contribution in [0.4, 0.5) is 8.78 Å². The molecule has 0 spiro atoms. The number of aliphatic hydroxyl groups is 3. The summed E-state index contributed by atoms with van der Waals surface area (Å²) in [6.45, 7) is 7.65. The lowest BCUT2D eigenvalue weighted by Crippen LogP contribution is -2.48. The van der Waals surface area contributed by atoms with E-state index >= 15 is 0 Å². The van der Waals surface area contributed by atoms with Crippen LogP contribution in [0.5, 0.6) is 0 Å². The Balaban J connectivity index is 0.000000335. The lowest BCUT2D eigenvalue weighted by molar-refractivity contribution is -0.156. The van der Waals surface area contributed by atoms with Gasteiger partial charge in [-0.25, -0.2) is 28.4 Å². The fourth-order valence-electron chi connectivity index (χ4n) is 5.58. The highest BCUT2D eigenvalue weighted by atomic mass is 35.5. The van der Waals surface area contributed by atoms with Crippen molar-refractivity contribution in [3.63, 3.8) is 0 Å². The topological polar surface area (TPSA) is 298 Å². The number of aliphatic hydroxyl groups excluding tert-OH is 3. The largest absolute Gasteiger partial charge is 0.479 e. The van der Waals surface area contributed by atoms with Crippen molar-refractivity contribution in [3.05, 3.63) is 129 Å². The van der Waals surface area contributed by atoms with E-state index in [2.05, 4.69) is 52.1 Å². The highest BCUT2D eigenvalue weighted by molar-refractivity contribution is 6.31. The fraction of sp³-hybridized carbons (Fsp3) is 0.333. The van der Waals surface area contributed by atoms with Crippen molar-refractivity contribution in [2.75, 3.05) is 26.3 Å². The molecule has 2 aromatic heterocycles. The maximum Gasteiger partial charge on any atom is 0.336 e. The van der Waals surface area contributed by atoms with E-state index < -0.39 is 54.1 Å². The Morgan fingerprint density at radius 2 is 1.07 bits per heavy atom. The minimum absolute atomic E-state index is 0. The van der Waals surface area contributed by atoms with E-state index in [4.69, 9.17) is 38.2 Å². The number of nitrogens with zero attached hydrogens (tertiary/aromatic N) is 8. The number of halogens is 4. The molecule has 376 valence electrons. The Labute approximate surface area is 411 Å². The molecule has 0 saturated carbocycles. The molecule has 2 atom stereocenters. The van der Waals surface area contributed by atoms with Gasteiger partial charge in [0.25, 0.3) is 11.6 Å². The van der Waals surface area contributed by atoms with Crippen molar-refractivity contribution in [2.45, 2.75) is 60.4 Å². The normalized spacial score (nSPS) is 11.7. The van der Waals surface area contributed by atoms with Crippen molar-refractivity contribution in [1.29, 1.82) is 0 Å². The number of aliphatic carboxylic acids is 1. The van der Waals surface area contributed by atoms with Crippen LogP contribution in [0.15, 0.2) is 84.9 Å². The number of tetrazole rings is 2. The van der Waals surface area contributed by atoms with Gasteiger partial charge < -0.3 is 25.2 Å². The molecule has 0 radical (unpaired) electrons. The summed E-state index contributed by atoms with van der Waals surface area (Å²) in [6.07, 6.45) is -3.25. The summed E-state index contributed by atoms with van der Waals surface area (Å²) in [4.78, 5) is 47.6. The first-order chi connectivity index (χ1) is 32.8. The quantitative estimate of drug-likeness (QED) is 0.0396. The number of carboxylic acid groups (broad SMARTS) is 1. The molecule has 0 aliphatic carbocycles. The lowest BCUT2D eigenvalue weighted by Gasteiger charge is -2.24. The van der Waals surface area contributed by atoms with Crippen molar-refractivity contribution >= 4 is 47.0 Å². The molecule has 6 rings (SSSR count). The predicted molar refractivity (Wildman–Crippen MR) is 252 cm³/mol. The number of hydrogen-bond donors (Lipinski definition) is 8. The minimum Gasteiger partial charge on any atom is -0.479 e. The van der Waals surface area contributed by atoms with Gasteiger partial charge in [0, 0.05) is 40.9 Å². The molecule has 25 heteroatoms. The van der Waals surface area contributed by atoms with Crippen LogP contribution in [-0.4, -0.2) is 134 Å². The van der Waals surface area contributed by atoms with Crippen LogP contribution >= 0.6 is 23.2 Å². The summed E-state index contributed by atoms with van der Waals surface area (Å²) >= 11 is 11.9. The van der Waals surface area contributed by atoms with Gasteiger partial charge in [-0.05, 0) is 80.9 Å². The van der Waals surface area contributed by atoms with Crippen molar-refractivity contribution < 1.29 is 53.1 Å². The third-order valence-corrected chi connectivity index (χ3v) is 9.49. The van der Waals surface area contributed by atoms with Crippen molar-refractivity contribution in [1.82, 2.24) is 62.1 Å². The Kier molecular flexibility index (Phi) is 23.5. The first-order valence-electron chi connectivity index (χ1n) is 20.9. The van der Waals surface area contributed by atoms with Crippen molar-refractivity contribution in [3.8, 4) is 22.3 Å². The number of hydrogen-bond acceptors (Lipinski definition) is 16. The van der Waals surface area contributed by atoms with E-state index in [0.29, 0.717) is 56.0 Å². The Hall–Kier alpha value is -6.86. The van der Waals surface area contributed by atoms with E-state index in [9.17, 15) is 38.2 Å². The molecule has 0 unspecified atom stereocenters. The third-order valence-electron chi connectivity index (χ3n) is 9.02. The smallest absolute Gasteiger partial charge is 0.336 e. The van der Waals surface area contributed by atoms with Gasteiger partial charge in [0.2, 0.25) is 0 Å². The van der Waals surface area contributed by atoms with Crippen LogP contribution in [0.1, 0.15) is 67.5 Å². The third kappa shape index (κ3) is 18.9. The highest BCUT2D eigenvalue weighted by Gasteiger charge is 2.25. The maximum atomic E-state index is 14.2. The van der Waals surface area contributed by atoms with Gasteiger partial charge in [-0.3, -0.25) is 20.4 Å². The second-order valence-electron chi connectivity index (χ2n) is 15.7. The van der Waals surface area contributed by atoms with Gasteiger partial charge in [0.1, 0.15) is 11.6 Å². The molecule has 70 heavy (non-hydrogen) atoms. The number of nitrogens with one attached hydrogen (secondary N) is 4. The first-order valence-corrected chi connectivity index (χ1v) is 21.6. The molecule has 0 aliphatic rings. The van der Waals surface area contributed by atoms with E-state index in [1.54, 1.807) is 48.5 Å². The molecule has 21 nitrogen and oxygen atoms in total. The number of amides is 2. The van der Waals surface area contributed by atoms with Crippen molar-refractivity contribution in [2.24, 2.45) is 11.8 Å². The van der Waals surface area contributed by atoms with Gasteiger partial charge in [0.15, 0.2) is 12.2 Å². The Morgan fingerprint density at radius 1 is 0.671 bits per heavy atom. The molecule has 4 aromatic carbocycles. The first kappa shape index (κ1) is 57.5. The number of benzene rings is 4. The standard InChI is InChI=1S/C22H24ClFN6O4.C18H16ClFN6O4.C4H10O.CH4/c1-13(2)12-34-22(33)19(31)11-30(27-21(32)20-25-28-29-26-20)10-14-3-5-15(6-4-14)17-9-16(23)7-8-18(17)24;19-12-5-6-14(20)13(7-12)11-3-1-10(2-4-11)8-26(9-15(27)18(29)30)23-17(28)16-21-24-25-22-16;1-4(2)3-5;/h3-9,13,19,31H,10-12H2,1-2H3,(H,27,32)(H,25,26,28,29);1-7,15,27H,8-9H2,(H,23,28)(H,29,30)(H,21,22,24,25);4-5H,3H2,1-2H3;1H4/t19-;15-;;/m11../s1. The van der Waals surface area contributed by atoms with Crippen LogP contribution < -0.4 is 10.9 Å². The molecule has 0 aliphatic heterocycles. The predicted octanol–water partition coefficient (Wildman–Crippen LogP) is 4.89. The number of carboxylic acids is 1. The summed E-state index contributed by atoms with van der Waals surface area (Å²) in [5.74, 6) is -4.43. The number of hydrazine groups is 2. The molecule has 2 amide bonds. The highest BCUT2D eigenvalue weighted by Crippen LogP contribution is 2.28. The summed E-state index contributed by atoms with van der Waals surface area (Å²) in [7, 11) is 0. The number of aromatic amines is 2. The molecular weight excluding hydrogens is 961 g/mol. The summed E-state index contributed by atoms with van der Waals surface area (Å²) < 4.78 is 33.3. The molecule has 0 fully saturated rings. The minimum atomic E-state index is -1.74. The van der Waals surface area contributed by atoms with Crippen LogP contribution in [0.25, 0.3) is 22.3 Å². The lowest BCUT2D eigenvalue weighted by atomic mass is 10.0. The molecule has 8 N–H and O–H groups in total. The van der Waals surface area contributed by atoms with Gasteiger partial charge >= 0.3 is 23.8 Å². The summed E-state index contributed by atoms with van der Waals surface area (Å²) in [6, 6.07) is 22.1. The zero-order chi connectivity index (χ0) is 50.6. The Bertz CT molecular complexity index is 2560. The number of carbonyl (C=O) groups excluding carboxylic acids is 3. The molecule has 0 saturated heterocycles. The average molecular weight is 1020 g/mol. The zero-order valence-electron chi connectivity index (χ0n) is 37.6. The second kappa shape index (κ2) is 28.6. The molecular formula is C45H54Cl2F2N12O9. The van der Waals surface area contributed by atoms with E-state index in [-0.39, 0.29) is 51.2 Å². The molecule has 2 heterocycles. The second-order valence-corrected chi connectivity index (χ2v) is 16.6. The fourth-order valence-corrected chi connectivity index (χ4v) is 5.92. The average Bonchev–Trinajstić information content (AvgIpc) is 4.08. The number of H-pyrrole nitrogens is 2. The Morgan fingerprint density at radius 3 is 1.41 bits per heavy atom. The monoisotopic (exact) mass is 1010 g/mol. The SMILES string of the molecule is C.CC(C)CO.CC(C)COC(=O)[C@H](O)CN(Cc1ccc(-c2cc(Cl)ccc2F)cc1)NC(=O)c1nn[nH]n1.O=C(NN(Cc1ccc(-c2cc(Cl)ccc2F)cc1)C[C@@H](O)C(=O)O)c1nn[nH]n1. The number of rotatable bonds is 19. The van der Waals surface area contributed by atoms with E-state index in [0.717, 1.165) is 0 Å².